The minimum atomic E-state index is 0.920. The van der Waals surface area contributed by atoms with Gasteiger partial charge in [0.1, 0.15) is 0 Å². The Morgan fingerprint density at radius 2 is 1.76 bits per heavy atom. The topological polar surface area (TPSA) is 40.7 Å². The molecule has 2 aromatic carbocycles. The molecular formula is C22H21N3. The van der Waals surface area contributed by atoms with Crippen LogP contribution in [0, 0.1) is 0 Å². The Morgan fingerprint density at radius 3 is 2.60 bits per heavy atom. The highest BCUT2D eigenvalue weighted by Gasteiger charge is 2.02. The number of benzene rings is 2. The Balaban J connectivity index is 1.34. The van der Waals surface area contributed by atoms with Gasteiger partial charge in [-0.15, -0.1) is 0 Å². The molecule has 0 aliphatic carbocycles. The van der Waals surface area contributed by atoms with Crippen LogP contribution in [-0.4, -0.2) is 16.5 Å². The second-order valence-electron chi connectivity index (χ2n) is 6.27. The fourth-order valence-electron chi connectivity index (χ4n) is 3.16. The van der Waals surface area contributed by atoms with Gasteiger partial charge in [-0.3, -0.25) is 4.98 Å². The van der Waals surface area contributed by atoms with Crippen molar-refractivity contribution in [1.82, 2.24) is 9.97 Å². The lowest BCUT2D eigenvalue weighted by Crippen LogP contribution is -2.04. The SMILES string of the molecule is c1cncc(Cc2ccc(NCCc3c[nH]c4ccccc34)cc2)c1. The molecule has 0 aliphatic heterocycles. The molecule has 124 valence electrons. The number of fused-ring (bicyclic) bond motifs is 1. The Labute approximate surface area is 147 Å². The van der Waals surface area contributed by atoms with Crippen LogP contribution in [0.15, 0.2) is 79.3 Å². The highest BCUT2D eigenvalue weighted by molar-refractivity contribution is 5.83. The lowest BCUT2D eigenvalue weighted by atomic mass is 10.1. The number of aromatic nitrogens is 2. The van der Waals surface area contributed by atoms with Crippen molar-refractivity contribution < 1.29 is 0 Å². The summed E-state index contributed by atoms with van der Waals surface area (Å²) in [5, 5.41) is 4.83. The van der Waals surface area contributed by atoms with Crippen LogP contribution in [0.25, 0.3) is 10.9 Å². The molecule has 0 radical (unpaired) electrons. The number of nitrogens with zero attached hydrogens (tertiary/aromatic N) is 1. The fraction of sp³-hybridized carbons (Fsp3) is 0.136. The largest absolute Gasteiger partial charge is 0.385 e. The first-order valence-electron chi connectivity index (χ1n) is 8.65. The Bertz CT molecular complexity index is 940. The van der Waals surface area contributed by atoms with Crippen molar-refractivity contribution in [3.8, 4) is 0 Å². The number of pyridine rings is 1. The normalized spacial score (nSPS) is 10.9. The lowest BCUT2D eigenvalue weighted by molar-refractivity contribution is 1.03. The van der Waals surface area contributed by atoms with Gasteiger partial charge in [0.25, 0.3) is 0 Å². The highest BCUT2D eigenvalue weighted by Crippen LogP contribution is 2.18. The maximum atomic E-state index is 4.17. The van der Waals surface area contributed by atoms with E-state index in [0.717, 1.165) is 25.1 Å². The molecular weight excluding hydrogens is 306 g/mol. The number of nitrogens with one attached hydrogen (secondary N) is 2. The number of anilines is 1. The first-order valence-corrected chi connectivity index (χ1v) is 8.65. The van der Waals surface area contributed by atoms with Gasteiger partial charge >= 0.3 is 0 Å². The Kier molecular flexibility index (Phi) is 4.46. The monoisotopic (exact) mass is 327 g/mol. The van der Waals surface area contributed by atoms with E-state index in [1.54, 1.807) is 0 Å². The molecule has 2 aromatic heterocycles. The van der Waals surface area contributed by atoms with Crippen LogP contribution < -0.4 is 5.32 Å². The first kappa shape index (κ1) is 15.5. The quantitative estimate of drug-likeness (QED) is 0.533. The first-order chi connectivity index (χ1) is 12.4. The van der Waals surface area contributed by atoms with E-state index in [1.165, 1.54) is 27.6 Å². The van der Waals surface area contributed by atoms with Gasteiger partial charge in [-0.1, -0.05) is 36.4 Å². The predicted molar refractivity (Wildman–Crippen MR) is 104 cm³/mol. The van der Waals surface area contributed by atoms with E-state index in [4.69, 9.17) is 0 Å². The summed E-state index contributed by atoms with van der Waals surface area (Å²) >= 11 is 0. The minimum absolute atomic E-state index is 0.920. The van der Waals surface area contributed by atoms with Gasteiger partial charge < -0.3 is 10.3 Å². The molecule has 0 aliphatic rings. The number of hydrogen-bond donors (Lipinski definition) is 2. The predicted octanol–water partition coefficient (Wildman–Crippen LogP) is 4.81. The minimum Gasteiger partial charge on any atom is -0.385 e. The van der Waals surface area contributed by atoms with Gasteiger partial charge in [0.15, 0.2) is 0 Å². The van der Waals surface area contributed by atoms with Crippen molar-refractivity contribution in [2.75, 3.05) is 11.9 Å². The van der Waals surface area contributed by atoms with Crippen molar-refractivity contribution in [1.29, 1.82) is 0 Å². The van der Waals surface area contributed by atoms with E-state index in [0.29, 0.717) is 0 Å². The maximum Gasteiger partial charge on any atom is 0.0456 e. The molecule has 0 fully saturated rings. The van der Waals surface area contributed by atoms with Crippen LogP contribution in [0.3, 0.4) is 0 Å². The summed E-state index contributed by atoms with van der Waals surface area (Å²) in [4.78, 5) is 7.50. The molecule has 0 atom stereocenters. The van der Waals surface area contributed by atoms with Crippen LogP contribution in [0.4, 0.5) is 5.69 Å². The van der Waals surface area contributed by atoms with Gasteiger partial charge in [0.2, 0.25) is 0 Å². The number of aromatic amines is 1. The van der Waals surface area contributed by atoms with E-state index in [1.807, 2.05) is 18.5 Å². The smallest absolute Gasteiger partial charge is 0.0456 e. The Hall–Kier alpha value is -3.07. The molecule has 3 heteroatoms. The molecule has 4 rings (SSSR count). The molecule has 0 saturated heterocycles. The molecule has 0 unspecified atom stereocenters. The van der Waals surface area contributed by atoms with Crippen LogP contribution in [0.1, 0.15) is 16.7 Å². The molecule has 0 bridgehead atoms. The lowest BCUT2D eigenvalue weighted by Gasteiger charge is -2.07. The highest BCUT2D eigenvalue weighted by atomic mass is 14.9. The zero-order valence-electron chi connectivity index (χ0n) is 14.1. The second-order valence-corrected chi connectivity index (χ2v) is 6.27. The summed E-state index contributed by atoms with van der Waals surface area (Å²) in [6.07, 6.45) is 7.77. The van der Waals surface area contributed by atoms with Gasteiger partial charge in [-0.2, -0.15) is 0 Å². The van der Waals surface area contributed by atoms with E-state index in [2.05, 4.69) is 76.1 Å². The van der Waals surface area contributed by atoms with Gasteiger partial charge in [-0.25, -0.2) is 0 Å². The number of para-hydroxylation sites is 1. The van der Waals surface area contributed by atoms with Gasteiger partial charge in [0.05, 0.1) is 0 Å². The van der Waals surface area contributed by atoms with Gasteiger partial charge in [0, 0.05) is 41.7 Å². The average molecular weight is 327 g/mol. The van der Waals surface area contributed by atoms with E-state index in [-0.39, 0.29) is 0 Å². The number of rotatable bonds is 6. The molecule has 4 aromatic rings. The standard InChI is InChI=1S/C22H21N3/c1-2-6-22-21(5-1)19(16-25-22)11-13-24-20-9-7-17(8-10-20)14-18-4-3-12-23-15-18/h1-10,12,15-16,24-25H,11,13-14H2. The molecule has 0 spiro atoms. The van der Waals surface area contributed by atoms with Crippen molar-refractivity contribution in [2.45, 2.75) is 12.8 Å². The molecule has 0 amide bonds. The number of H-pyrrole nitrogens is 1. The average Bonchev–Trinajstić information content (AvgIpc) is 3.07. The summed E-state index contributed by atoms with van der Waals surface area (Å²) in [5.74, 6) is 0. The molecule has 0 saturated carbocycles. The van der Waals surface area contributed by atoms with Crippen LogP contribution >= 0.6 is 0 Å². The zero-order chi connectivity index (χ0) is 16.9. The van der Waals surface area contributed by atoms with Crippen LogP contribution in [0.5, 0.6) is 0 Å². The Morgan fingerprint density at radius 1 is 0.880 bits per heavy atom. The summed E-state index contributed by atoms with van der Waals surface area (Å²) in [7, 11) is 0. The fourth-order valence-corrected chi connectivity index (χ4v) is 3.16. The summed E-state index contributed by atoms with van der Waals surface area (Å²) in [6, 6.07) is 21.2. The van der Waals surface area contributed by atoms with Crippen molar-refractivity contribution in [3.63, 3.8) is 0 Å². The molecule has 25 heavy (non-hydrogen) atoms. The van der Waals surface area contributed by atoms with Gasteiger partial charge in [-0.05, 0) is 53.8 Å². The maximum absolute atomic E-state index is 4.17. The van der Waals surface area contributed by atoms with E-state index in [9.17, 15) is 0 Å². The van der Waals surface area contributed by atoms with Crippen LogP contribution in [0.2, 0.25) is 0 Å². The third kappa shape index (κ3) is 3.72. The second kappa shape index (κ2) is 7.22. The third-order valence-corrected chi connectivity index (χ3v) is 4.48. The summed E-state index contributed by atoms with van der Waals surface area (Å²) in [6.45, 7) is 0.920. The third-order valence-electron chi connectivity index (χ3n) is 4.48. The number of hydrogen-bond acceptors (Lipinski definition) is 2. The van der Waals surface area contributed by atoms with Crippen molar-refractivity contribution >= 4 is 16.6 Å². The summed E-state index contributed by atoms with van der Waals surface area (Å²) in [5.41, 5.74) is 6.26. The zero-order valence-corrected chi connectivity index (χ0v) is 14.1. The van der Waals surface area contributed by atoms with Crippen molar-refractivity contribution in [3.05, 3.63) is 95.9 Å². The molecule has 2 N–H and O–H groups in total. The molecule has 3 nitrogen and oxygen atoms in total. The van der Waals surface area contributed by atoms with E-state index >= 15 is 0 Å². The van der Waals surface area contributed by atoms with Crippen molar-refractivity contribution in [2.24, 2.45) is 0 Å². The molecule has 2 heterocycles. The van der Waals surface area contributed by atoms with Crippen LogP contribution in [-0.2, 0) is 12.8 Å². The van der Waals surface area contributed by atoms with E-state index < -0.39 is 0 Å². The summed E-state index contributed by atoms with van der Waals surface area (Å²) < 4.78 is 0.